The van der Waals surface area contributed by atoms with E-state index in [0.29, 0.717) is 21.7 Å². The van der Waals surface area contributed by atoms with Crippen molar-refractivity contribution in [2.24, 2.45) is 0 Å². The van der Waals surface area contributed by atoms with E-state index >= 15 is 0 Å². The summed E-state index contributed by atoms with van der Waals surface area (Å²) in [5, 5.41) is 0.541. The molecule has 4 aromatic carbocycles. The molecule has 0 radical (unpaired) electrons. The van der Waals surface area contributed by atoms with Gasteiger partial charge in [-0.1, -0.05) is 66.7 Å². The number of hydrogen-bond donors (Lipinski definition) is 0. The van der Waals surface area contributed by atoms with E-state index in [0.717, 1.165) is 10.2 Å². The average Bonchev–Trinajstić information content (AvgIpc) is 3.62. The topological polar surface area (TPSA) is 101 Å². The molecule has 2 heterocycles. The van der Waals surface area contributed by atoms with E-state index in [4.69, 9.17) is 23.9 Å². The fourth-order valence-electron chi connectivity index (χ4n) is 4.69. The maximum atomic E-state index is 13.3. The Morgan fingerprint density at radius 3 is 1.71 bits per heavy atom. The first-order chi connectivity index (χ1) is 20.6. The molecule has 1 fully saturated rings. The van der Waals surface area contributed by atoms with Crippen LogP contribution < -0.4 is 0 Å². The largest absolute Gasteiger partial charge is 0.459 e. The van der Waals surface area contributed by atoms with Gasteiger partial charge in [0.25, 0.3) is 0 Å². The van der Waals surface area contributed by atoms with Crippen molar-refractivity contribution in [3.8, 4) is 0 Å². The molecule has 0 aliphatic carbocycles. The quantitative estimate of drug-likeness (QED) is 0.162. The van der Waals surface area contributed by atoms with Gasteiger partial charge in [0.15, 0.2) is 18.3 Å². The first-order valence-corrected chi connectivity index (χ1v) is 14.1. The molecular weight excluding hydrogens is 554 g/mol. The van der Waals surface area contributed by atoms with Crippen LogP contribution in [0, 0.1) is 0 Å². The van der Waals surface area contributed by atoms with Gasteiger partial charge in [0, 0.05) is 0 Å². The van der Waals surface area contributed by atoms with Crippen molar-refractivity contribution < 1.29 is 33.3 Å². The Morgan fingerprint density at radius 1 is 0.643 bits per heavy atom. The molecule has 8 nitrogen and oxygen atoms in total. The summed E-state index contributed by atoms with van der Waals surface area (Å²) in [6, 6.07) is 33.1. The zero-order valence-corrected chi connectivity index (χ0v) is 23.0. The number of esters is 3. The number of fused-ring (bicyclic) bond motifs is 1. The van der Waals surface area contributed by atoms with Crippen LogP contribution in [-0.2, 0) is 18.9 Å². The summed E-state index contributed by atoms with van der Waals surface area (Å²) >= 11 is 1.39. The number of benzene rings is 4. The first kappa shape index (κ1) is 27.3. The van der Waals surface area contributed by atoms with E-state index in [1.165, 1.54) is 11.3 Å². The minimum absolute atomic E-state index is 0.249. The normalized spacial score (nSPS) is 19.7. The van der Waals surface area contributed by atoms with Gasteiger partial charge in [-0.15, -0.1) is 11.3 Å². The van der Waals surface area contributed by atoms with Crippen molar-refractivity contribution in [1.29, 1.82) is 0 Å². The van der Waals surface area contributed by atoms with Crippen LogP contribution in [0.25, 0.3) is 10.2 Å². The predicted molar refractivity (Wildman–Crippen MR) is 155 cm³/mol. The molecule has 4 atom stereocenters. The van der Waals surface area contributed by atoms with E-state index in [1.807, 2.05) is 24.3 Å². The third-order valence-electron chi connectivity index (χ3n) is 6.76. The number of hydrogen-bond acceptors (Lipinski definition) is 9. The highest BCUT2D eigenvalue weighted by atomic mass is 32.1. The molecular formula is C33H25NO7S. The molecule has 0 unspecified atom stereocenters. The van der Waals surface area contributed by atoms with Gasteiger partial charge in [-0.25, -0.2) is 19.4 Å². The van der Waals surface area contributed by atoms with E-state index in [2.05, 4.69) is 0 Å². The Balaban J connectivity index is 1.34. The highest BCUT2D eigenvalue weighted by Crippen LogP contribution is 2.41. The number of nitrogens with zero attached hydrogens (tertiary/aromatic N) is 1. The molecule has 1 aliphatic rings. The van der Waals surface area contributed by atoms with Crippen LogP contribution in [0.1, 0.15) is 42.2 Å². The summed E-state index contributed by atoms with van der Waals surface area (Å²) in [6.07, 6.45) is -4.02. The van der Waals surface area contributed by atoms with E-state index in [1.54, 1.807) is 91.0 Å². The minimum atomic E-state index is -1.11. The van der Waals surface area contributed by atoms with Crippen LogP contribution >= 0.6 is 11.3 Å². The highest BCUT2D eigenvalue weighted by molar-refractivity contribution is 7.18. The Hall–Kier alpha value is -4.86. The van der Waals surface area contributed by atoms with Crippen molar-refractivity contribution in [2.75, 3.05) is 6.61 Å². The van der Waals surface area contributed by atoms with Gasteiger partial charge < -0.3 is 18.9 Å². The summed E-state index contributed by atoms with van der Waals surface area (Å²) in [5.74, 6) is -1.80. The number of para-hydroxylation sites is 1. The fraction of sp³-hybridized carbons (Fsp3) is 0.152. The number of ether oxygens (including phenoxy) is 4. The summed E-state index contributed by atoms with van der Waals surface area (Å²) in [4.78, 5) is 44.1. The van der Waals surface area contributed by atoms with Crippen molar-refractivity contribution in [2.45, 2.75) is 24.4 Å². The standard InChI is InChI=1S/C33H25NO7S/c35-31(21-12-4-1-5-13-21)38-20-25-27(40-32(36)22-14-6-2-7-15-22)28(41-33(37)23-16-8-3-9-17-23)29(39-25)30-34-24-18-10-11-19-26(24)42-30/h1-19,25,27-29H,20H2/t25-,27-,28-,29-/m1/s1. The van der Waals surface area contributed by atoms with Gasteiger partial charge in [-0.3, -0.25) is 0 Å². The van der Waals surface area contributed by atoms with Gasteiger partial charge in [0.1, 0.15) is 17.7 Å². The highest BCUT2D eigenvalue weighted by Gasteiger charge is 2.52. The van der Waals surface area contributed by atoms with Crippen LogP contribution in [0.3, 0.4) is 0 Å². The SMILES string of the molecule is O=C(OC[C@H]1O[C@@H](c2nc3ccccc3s2)[C@H](OC(=O)c2ccccc2)[C@@H]1OC(=O)c1ccccc1)c1ccccc1. The second-order valence-electron chi connectivity index (χ2n) is 9.55. The van der Waals surface area contributed by atoms with E-state index in [-0.39, 0.29) is 6.61 Å². The van der Waals surface area contributed by atoms with Crippen LogP contribution in [0.5, 0.6) is 0 Å². The first-order valence-electron chi connectivity index (χ1n) is 13.3. The third-order valence-corrected chi connectivity index (χ3v) is 7.86. The molecule has 42 heavy (non-hydrogen) atoms. The van der Waals surface area contributed by atoms with E-state index in [9.17, 15) is 14.4 Å². The smallest absolute Gasteiger partial charge is 0.338 e. The van der Waals surface area contributed by atoms with E-state index < -0.39 is 42.3 Å². The molecule has 1 saturated heterocycles. The molecule has 0 amide bonds. The van der Waals surface area contributed by atoms with Gasteiger partial charge in [-0.2, -0.15) is 0 Å². The Bertz CT molecular complexity index is 1660. The minimum Gasteiger partial charge on any atom is -0.459 e. The molecule has 1 aliphatic heterocycles. The monoisotopic (exact) mass is 579 g/mol. The lowest BCUT2D eigenvalue weighted by Crippen LogP contribution is -2.40. The Kier molecular flexibility index (Phi) is 8.02. The lowest BCUT2D eigenvalue weighted by atomic mass is 10.1. The number of carbonyl (C=O) groups is 3. The summed E-state index contributed by atoms with van der Waals surface area (Å²) in [5.41, 5.74) is 1.76. The molecule has 0 bridgehead atoms. The number of carbonyl (C=O) groups excluding carboxylic acids is 3. The van der Waals surface area contributed by atoms with Gasteiger partial charge in [0.05, 0.1) is 26.9 Å². The summed E-state index contributed by atoms with van der Waals surface area (Å²) < 4.78 is 24.9. The van der Waals surface area contributed by atoms with Crippen molar-refractivity contribution in [3.05, 3.63) is 137 Å². The second kappa shape index (κ2) is 12.3. The Labute approximate surface area is 245 Å². The summed E-state index contributed by atoms with van der Waals surface area (Å²) in [7, 11) is 0. The van der Waals surface area contributed by atoms with Gasteiger partial charge in [0.2, 0.25) is 0 Å². The maximum absolute atomic E-state index is 13.3. The molecule has 0 spiro atoms. The third kappa shape index (κ3) is 5.93. The van der Waals surface area contributed by atoms with Crippen molar-refractivity contribution in [3.63, 3.8) is 0 Å². The van der Waals surface area contributed by atoms with Crippen LogP contribution in [0.4, 0.5) is 0 Å². The molecule has 0 N–H and O–H groups in total. The fourth-order valence-corrected chi connectivity index (χ4v) is 5.73. The molecule has 210 valence electrons. The molecule has 1 aromatic heterocycles. The van der Waals surface area contributed by atoms with Gasteiger partial charge in [-0.05, 0) is 48.5 Å². The lowest BCUT2D eigenvalue weighted by Gasteiger charge is -2.24. The zero-order valence-electron chi connectivity index (χ0n) is 22.2. The molecule has 6 rings (SSSR count). The van der Waals surface area contributed by atoms with Crippen LogP contribution in [0.15, 0.2) is 115 Å². The van der Waals surface area contributed by atoms with Crippen molar-refractivity contribution >= 4 is 39.5 Å². The number of thiazole rings is 1. The van der Waals surface area contributed by atoms with Crippen molar-refractivity contribution in [1.82, 2.24) is 4.98 Å². The molecule has 0 saturated carbocycles. The zero-order chi connectivity index (χ0) is 28.9. The van der Waals surface area contributed by atoms with Gasteiger partial charge >= 0.3 is 17.9 Å². The van der Waals surface area contributed by atoms with Crippen LogP contribution in [-0.4, -0.2) is 47.8 Å². The number of aromatic nitrogens is 1. The Morgan fingerprint density at radius 2 is 1.14 bits per heavy atom. The average molecular weight is 580 g/mol. The molecule has 5 aromatic rings. The second-order valence-corrected chi connectivity index (χ2v) is 10.6. The van der Waals surface area contributed by atoms with Crippen LogP contribution in [0.2, 0.25) is 0 Å². The molecule has 9 heteroatoms. The summed E-state index contributed by atoms with van der Waals surface area (Å²) in [6.45, 7) is -0.249. The predicted octanol–water partition coefficient (Wildman–Crippen LogP) is 6.04. The maximum Gasteiger partial charge on any atom is 0.338 e. The lowest BCUT2D eigenvalue weighted by molar-refractivity contribution is -0.0450. The number of rotatable bonds is 8.